The topological polar surface area (TPSA) is 72.5 Å². The Kier molecular flexibility index (Phi) is 14.1. The molecule has 0 aromatic carbocycles. The first-order valence-electron chi connectivity index (χ1n) is 8.85. The Morgan fingerprint density at radius 1 is 0.913 bits per heavy atom. The third-order valence-corrected chi connectivity index (χ3v) is 4.83. The summed E-state index contributed by atoms with van der Waals surface area (Å²) in [7, 11) is -3.68. The predicted molar refractivity (Wildman–Crippen MR) is 94.3 cm³/mol. The Bertz CT molecular complexity index is 407. The largest absolute Gasteiger partial charge is 0.287 e. The average molecular weight is 348 g/mol. The lowest BCUT2D eigenvalue weighted by Gasteiger charge is -2.05. The lowest BCUT2D eigenvalue weighted by Crippen LogP contribution is -2.26. The summed E-state index contributed by atoms with van der Waals surface area (Å²) < 4.78 is 27.3. The van der Waals surface area contributed by atoms with E-state index < -0.39 is 16.0 Å². The molecule has 0 fully saturated rings. The van der Waals surface area contributed by atoms with Gasteiger partial charge in [-0.3, -0.25) is 4.79 Å². The van der Waals surface area contributed by atoms with E-state index in [-0.39, 0.29) is 5.75 Å². The molecule has 0 saturated carbocycles. The molecule has 0 aromatic heterocycles. The van der Waals surface area contributed by atoms with Crippen LogP contribution < -0.4 is 5.48 Å². The Hall–Kier alpha value is -0.880. The van der Waals surface area contributed by atoms with Gasteiger partial charge in [0.05, 0.1) is 5.75 Å². The van der Waals surface area contributed by atoms with Crippen molar-refractivity contribution in [2.75, 3.05) is 5.75 Å². The van der Waals surface area contributed by atoms with Crippen LogP contribution in [0, 0.1) is 0 Å². The Labute approximate surface area is 142 Å². The van der Waals surface area contributed by atoms with Crippen molar-refractivity contribution in [3.8, 4) is 0 Å². The number of hydrogen-bond donors (Lipinski definition) is 1. The van der Waals surface area contributed by atoms with Gasteiger partial charge in [0.15, 0.2) is 0 Å². The summed E-state index contributed by atoms with van der Waals surface area (Å²) in [6.45, 7) is 5.44. The SMILES string of the molecule is C=CC(=O)NOS(=O)(=O)CCCCCCCCCCCCCC. The van der Waals surface area contributed by atoms with Gasteiger partial charge in [-0.15, -0.1) is 4.28 Å². The predicted octanol–water partition coefficient (Wildman–Crippen LogP) is 4.25. The number of carbonyl (C=O) groups is 1. The first kappa shape index (κ1) is 22.1. The van der Waals surface area contributed by atoms with Gasteiger partial charge < -0.3 is 0 Å². The van der Waals surface area contributed by atoms with Crippen LogP contribution >= 0.6 is 0 Å². The molecule has 136 valence electrons. The Morgan fingerprint density at radius 3 is 1.78 bits per heavy atom. The standard InChI is InChI=1S/C17H33NO4S/c1-3-5-6-7-8-9-10-11-12-13-14-15-16-23(20,21)22-18-17(19)4-2/h4H,2-3,5-16H2,1H3,(H,18,19). The minimum Gasteiger partial charge on any atom is -0.268 e. The van der Waals surface area contributed by atoms with Gasteiger partial charge in [-0.2, -0.15) is 8.42 Å². The highest BCUT2D eigenvalue weighted by Gasteiger charge is 2.12. The van der Waals surface area contributed by atoms with Crippen molar-refractivity contribution < 1.29 is 17.5 Å². The summed E-state index contributed by atoms with van der Waals surface area (Å²) in [5, 5.41) is 0. The molecule has 6 heteroatoms. The molecule has 1 amide bonds. The maximum Gasteiger partial charge on any atom is 0.287 e. The van der Waals surface area contributed by atoms with Crippen molar-refractivity contribution in [2.45, 2.75) is 84.0 Å². The molecule has 0 aliphatic carbocycles. The maximum absolute atomic E-state index is 11.5. The van der Waals surface area contributed by atoms with E-state index >= 15 is 0 Å². The van der Waals surface area contributed by atoms with Crippen molar-refractivity contribution in [1.82, 2.24) is 5.48 Å². The van der Waals surface area contributed by atoms with Crippen molar-refractivity contribution in [3.63, 3.8) is 0 Å². The van der Waals surface area contributed by atoms with E-state index in [1.165, 1.54) is 51.4 Å². The van der Waals surface area contributed by atoms with Crippen molar-refractivity contribution in [1.29, 1.82) is 0 Å². The van der Waals surface area contributed by atoms with Gasteiger partial charge >= 0.3 is 0 Å². The smallest absolute Gasteiger partial charge is 0.268 e. The van der Waals surface area contributed by atoms with Crippen LogP contribution in [0.3, 0.4) is 0 Å². The molecule has 23 heavy (non-hydrogen) atoms. The van der Waals surface area contributed by atoms with Crippen LogP contribution in [-0.2, 0) is 19.2 Å². The van der Waals surface area contributed by atoms with Crippen molar-refractivity contribution >= 4 is 16.0 Å². The van der Waals surface area contributed by atoms with Crippen LogP contribution in [-0.4, -0.2) is 20.1 Å². The Balaban J connectivity index is 3.38. The molecule has 1 N–H and O–H groups in total. The van der Waals surface area contributed by atoms with Crippen LogP contribution in [0.25, 0.3) is 0 Å². The first-order valence-corrected chi connectivity index (χ1v) is 10.4. The second kappa shape index (κ2) is 14.7. The molecule has 0 radical (unpaired) electrons. The zero-order valence-corrected chi connectivity index (χ0v) is 15.3. The number of hydroxylamine groups is 1. The molecule has 5 nitrogen and oxygen atoms in total. The third-order valence-electron chi connectivity index (χ3n) is 3.70. The number of rotatable bonds is 16. The molecule has 0 aliphatic rings. The normalized spacial score (nSPS) is 11.3. The highest BCUT2D eigenvalue weighted by atomic mass is 32.2. The van der Waals surface area contributed by atoms with Gasteiger partial charge in [0, 0.05) is 0 Å². The fraction of sp³-hybridized carbons (Fsp3) is 0.824. The monoisotopic (exact) mass is 347 g/mol. The fourth-order valence-corrected chi connectivity index (χ4v) is 3.16. The number of unbranched alkanes of at least 4 members (excludes halogenated alkanes) is 11. The minimum absolute atomic E-state index is 0.0676. The van der Waals surface area contributed by atoms with Crippen LogP contribution in [0.1, 0.15) is 84.0 Å². The molecular weight excluding hydrogens is 314 g/mol. The van der Waals surface area contributed by atoms with E-state index in [1.807, 2.05) is 5.48 Å². The van der Waals surface area contributed by atoms with Crippen molar-refractivity contribution in [3.05, 3.63) is 12.7 Å². The van der Waals surface area contributed by atoms with E-state index in [0.29, 0.717) is 6.42 Å². The summed E-state index contributed by atoms with van der Waals surface area (Å²) in [5.74, 6) is -0.731. The molecule has 0 unspecified atom stereocenters. The van der Waals surface area contributed by atoms with Crippen LogP contribution in [0.5, 0.6) is 0 Å². The zero-order chi connectivity index (χ0) is 17.4. The van der Waals surface area contributed by atoms with Gasteiger partial charge in [-0.25, -0.2) is 5.48 Å². The van der Waals surface area contributed by atoms with E-state index in [0.717, 1.165) is 25.3 Å². The second-order valence-electron chi connectivity index (χ2n) is 5.90. The molecular formula is C17H33NO4S. The lowest BCUT2D eigenvalue weighted by molar-refractivity contribution is -0.122. The highest BCUT2D eigenvalue weighted by molar-refractivity contribution is 7.86. The van der Waals surface area contributed by atoms with E-state index in [4.69, 9.17) is 0 Å². The lowest BCUT2D eigenvalue weighted by atomic mass is 10.1. The molecule has 0 heterocycles. The first-order chi connectivity index (χ1) is 11.0. The van der Waals surface area contributed by atoms with Gasteiger partial charge in [0.25, 0.3) is 16.0 Å². The van der Waals surface area contributed by atoms with Crippen LogP contribution in [0.2, 0.25) is 0 Å². The molecule has 0 aromatic rings. The average Bonchev–Trinajstić information content (AvgIpc) is 2.53. The molecule has 0 aliphatic heterocycles. The molecule has 0 atom stereocenters. The minimum atomic E-state index is -3.68. The molecule has 0 saturated heterocycles. The van der Waals surface area contributed by atoms with Crippen molar-refractivity contribution in [2.24, 2.45) is 0 Å². The van der Waals surface area contributed by atoms with Gasteiger partial charge in [0.1, 0.15) is 0 Å². The summed E-state index contributed by atoms with van der Waals surface area (Å²) in [6, 6.07) is 0. The number of carbonyl (C=O) groups excluding carboxylic acids is 1. The highest BCUT2D eigenvalue weighted by Crippen LogP contribution is 2.12. The Morgan fingerprint density at radius 2 is 1.35 bits per heavy atom. The molecule has 0 bridgehead atoms. The van der Waals surface area contributed by atoms with Gasteiger partial charge in [-0.05, 0) is 12.5 Å². The summed E-state index contributed by atoms with van der Waals surface area (Å²) in [4.78, 5) is 10.8. The summed E-state index contributed by atoms with van der Waals surface area (Å²) in [5.41, 5.74) is 1.82. The van der Waals surface area contributed by atoms with Gasteiger partial charge in [0.2, 0.25) is 0 Å². The second-order valence-corrected chi connectivity index (χ2v) is 7.59. The number of amides is 1. The molecule has 0 rings (SSSR count). The summed E-state index contributed by atoms with van der Waals surface area (Å²) in [6.07, 6.45) is 15.1. The zero-order valence-electron chi connectivity index (χ0n) is 14.5. The van der Waals surface area contributed by atoms with Gasteiger partial charge in [-0.1, -0.05) is 84.1 Å². The van der Waals surface area contributed by atoms with Crippen LogP contribution in [0.15, 0.2) is 12.7 Å². The fourth-order valence-electron chi connectivity index (χ4n) is 2.31. The van der Waals surface area contributed by atoms with E-state index in [1.54, 1.807) is 0 Å². The van der Waals surface area contributed by atoms with Crippen LogP contribution in [0.4, 0.5) is 0 Å². The third kappa shape index (κ3) is 15.8. The number of nitrogens with one attached hydrogen (secondary N) is 1. The number of hydrogen-bond acceptors (Lipinski definition) is 4. The van der Waals surface area contributed by atoms with E-state index in [2.05, 4.69) is 17.8 Å². The molecule has 0 spiro atoms. The van der Waals surface area contributed by atoms with E-state index in [9.17, 15) is 13.2 Å². The quantitative estimate of drug-likeness (QED) is 0.257. The maximum atomic E-state index is 11.5. The summed E-state index contributed by atoms with van der Waals surface area (Å²) >= 11 is 0.